The van der Waals surface area contributed by atoms with E-state index in [1.807, 2.05) is 92.7 Å². The van der Waals surface area contributed by atoms with Crippen LogP contribution in [0.4, 0.5) is 5.69 Å². The van der Waals surface area contributed by atoms with Crippen LogP contribution < -0.4 is 5.32 Å². The van der Waals surface area contributed by atoms with E-state index < -0.39 is 5.79 Å². The Bertz CT molecular complexity index is 976. The first kappa shape index (κ1) is 25.5. The molecule has 3 aromatic rings. The number of hydrogen-bond donors (Lipinski definition) is 1. The van der Waals surface area contributed by atoms with Gasteiger partial charge in [-0.05, 0) is 42.5 Å². The topological polar surface area (TPSA) is 54.3 Å². The number of ether oxygens (including phenoxy) is 2. The van der Waals surface area contributed by atoms with Crippen molar-refractivity contribution in [1.82, 2.24) is 0 Å². The molecule has 0 bridgehead atoms. The van der Waals surface area contributed by atoms with Crippen LogP contribution in [0.2, 0.25) is 0 Å². The predicted molar refractivity (Wildman–Crippen MR) is 138 cm³/mol. The van der Waals surface area contributed by atoms with E-state index in [1.54, 1.807) is 0 Å². The van der Waals surface area contributed by atoms with Crippen LogP contribution in [0.5, 0.6) is 0 Å². The summed E-state index contributed by atoms with van der Waals surface area (Å²) < 4.78 is 12.6. The fraction of sp³-hybridized carbons (Fsp3) is 0.367. The molecule has 0 radical (unpaired) electrons. The minimum atomic E-state index is -0.431. The molecule has 0 amide bonds. The molecule has 34 heavy (non-hydrogen) atoms. The summed E-state index contributed by atoms with van der Waals surface area (Å²) in [6.07, 6.45) is 4.22. The Morgan fingerprint density at radius 3 is 2.29 bits per heavy atom. The lowest BCUT2D eigenvalue weighted by Gasteiger charge is -2.36. The van der Waals surface area contributed by atoms with E-state index in [4.69, 9.17) is 14.7 Å². The van der Waals surface area contributed by atoms with Gasteiger partial charge in [0.05, 0.1) is 18.2 Å². The second-order valence-corrected chi connectivity index (χ2v) is 8.43. The van der Waals surface area contributed by atoms with Gasteiger partial charge in [-0.25, -0.2) is 0 Å². The van der Waals surface area contributed by atoms with E-state index >= 15 is 0 Å². The third-order valence-corrected chi connectivity index (χ3v) is 6.05. The second kappa shape index (κ2) is 13.5. The van der Waals surface area contributed by atoms with E-state index in [0.29, 0.717) is 18.1 Å². The summed E-state index contributed by atoms with van der Waals surface area (Å²) in [5.41, 5.74) is 2.88. The van der Waals surface area contributed by atoms with Crippen molar-refractivity contribution in [3.05, 3.63) is 102 Å². The van der Waals surface area contributed by atoms with Gasteiger partial charge in [0.1, 0.15) is 6.10 Å². The standard InChI is InChI=1S/C22H24N2O2.C6H6.C2H6/c23-14-17-6-4-10-20(12-17)24-15-18-7-5-11-22(13-18)25-16-21(26-22)19-8-2-1-3-9-19;1-2-4-6-5-3-1;1-2/h1-4,6,8-10,12,18,21,24H,5,7,11,13,15-16H2;1-6H;1-2H3. The van der Waals surface area contributed by atoms with E-state index in [9.17, 15) is 0 Å². The summed E-state index contributed by atoms with van der Waals surface area (Å²) in [6.45, 7) is 5.51. The van der Waals surface area contributed by atoms with Gasteiger partial charge in [0, 0.05) is 25.1 Å². The van der Waals surface area contributed by atoms with Crippen LogP contribution >= 0.6 is 0 Å². The lowest BCUT2D eigenvalue weighted by Crippen LogP contribution is -2.38. The minimum Gasteiger partial charge on any atom is -0.385 e. The maximum atomic E-state index is 9.03. The zero-order valence-electron chi connectivity index (χ0n) is 20.3. The Morgan fingerprint density at radius 1 is 0.941 bits per heavy atom. The quantitative estimate of drug-likeness (QED) is 0.446. The normalized spacial score (nSPS) is 23.0. The van der Waals surface area contributed by atoms with Crippen LogP contribution in [-0.2, 0) is 9.47 Å². The lowest BCUT2D eigenvalue weighted by molar-refractivity contribution is -0.196. The van der Waals surface area contributed by atoms with Gasteiger partial charge in [0.15, 0.2) is 5.79 Å². The van der Waals surface area contributed by atoms with Crippen LogP contribution in [0.3, 0.4) is 0 Å². The molecule has 0 aromatic heterocycles. The summed E-state index contributed by atoms with van der Waals surface area (Å²) in [7, 11) is 0. The smallest absolute Gasteiger partial charge is 0.169 e. The first-order chi connectivity index (χ1) is 16.8. The zero-order valence-corrected chi connectivity index (χ0v) is 20.3. The highest BCUT2D eigenvalue weighted by molar-refractivity contribution is 5.49. The molecule has 3 unspecified atom stereocenters. The van der Waals surface area contributed by atoms with Crippen molar-refractivity contribution in [2.45, 2.75) is 51.4 Å². The third-order valence-electron chi connectivity index (χ3n) is 6.05. The zero-order chi connectivity index (χ0) is 24.1. The molecule has 1 aliphatic heterocycles. The molecule has 1 saturated carbocycles. The van der Waals surface area contributed by atoms with Crippen molar-refractivity contribution in [2.75, 3.05) is 18.5 Å². The van der Waals surface area contributed by atoms with Crippen molar-refractivity contribution in [1.29, 1.82) is 5.26 Å². The van der Waals surface area contributed by atoms with Crippen LogP contribution in [0.1, 0.15) is 56.8 Å². The molecule has 1 N–H and O–H groups in total. The van der Waals surface area contributed by atoms with Gasteiger partial charge < -0.3 is 14.8 Å². The molecule has 1 spiro atoms. The van der Waals surface area contributed by atoms with Crippen LogP contribution in [0, 0.1) is 17.2 Å². The Kier molecular flexibility index (Phi) is 10.2. The second-order valence-electron chi connectivity index (χ2n) is 8.43. The molecule has 5 rings (SSSR count). The summed E-state index contributed by atoms with van der Waals surface area (Å²) in [4.78, 5) is 0. The SMILES string of the molecule is CC.N#Cc1cccc(NCC2CCCC3(C2)OCC(c2ccccc2)O3)c1.c1ccccc1. The number of nitrogens with one attached hydrogen (secondary N) is 1. The van der Waals surface area contributed by atoms with E-state index in [0.717, 1.165) is 31.5 Å². The predicted octanol–water partition coefficient (Wildman–Crippen LogP) is 7.36. The molecule has 3 atom stereocenters. The fourth-order valence-electron chi connectivity index (χ4n) is 4.45. The molecule has 4 nitrogen and oxygen atoms in total. The largest absolute Gasteiger partial charge is 0.385 e. The Morgan fingerprint density at radius 2 is 1.62 bits per heavy atom. The summed E-state index contributed by atoms with van der Waals surface area (Å²) in [5.74, 6) is 0.0728. The van der Waals surface area contributed by atoms with E-state index in [2.05, 4.69) is 23.5 Å². The van der Waals surface area contributed by atoms with Gasteiger partial charge in [-0.3, -0.25) is 0 Å². The first-order valence-corrected chi connectivity index (χ1v) is 12.4. The molecule has 178 valence electrons. The van der Waals surface area contributed by atoms with Crippen LogP contribution in [-0.4, -0.2) is 18.9 Å². The van der Waals surface area contributed by atoms with Crippen LogP contribution in [0.25, 0.3) is 0 Å². The maximum absolute atomic E-state index is 9.03. The van der Waals surface area contributed by atoms with Gasteiger partial charge >= 0.3 is 0 Å². The molecule has 2 fully saturated rings. The average molecular weight is 457 g/mol. The molecular formula is C30H36N2O2. The fourth-order valence-corrected chi connectivity index (χ4v) is 4.45. The van der Waals surface area contributed by atoms with Crippen LogP contribution in [0.15, 0.2) is 91.0 Å². The lowest BCUT2D eigenvalue weighted by atomic mass is 9.84. The number of nitriles is 1. The number of rotatable bonds is 4. The Hall–Kier alpha value is -3.13. The van der Waals surface area contributed by atoms with E-state index in [-0.39, 0.29) is 6.10 Å². The molecular weight excluding hydrogens is 420 g/mol. The summed E-state index contributed by atoms with van der Waals surface area (Å²) in [6, 6.07) is 32.2. The monoisotopic (exact) mass is 456 g/mol. The highest BCUT2D eigenvalue weighted by Gasteiger charge is 2.45. The van der Waals surface area contributed by atoms with Crippen molar-refractivity contribution in [2.24, 2.45) is 5.92 Å². The maximum Gasteiger partial charge on any atom is 0.169 e. The van der Waals surface area contributed by atoms with Gasteiger partial charge in [0.25, 0.3) is 0 Å². The molecule has 2 aliphatic rings. The van der Waals surface area contributed by atoms with Gasteiger partial charge in [-0.2, -0.15) is 5.26 Å². The Balaban J connectivity index is 0.000000348. The molecule has 1 heterocycles. The Labute approximate surface area is 204 Å². The highest BCUT2D eigenvalue weighted by atomic mass is 16.7. The van der Waals surface area contributed by atoms with Gasteiger partial charge in [-0.1, -0.05) is 86.6 Å². The molecule has 1 aliphatic carbocycles. The van der Waals surface area contributed by atoms with Gasteiger partial charge in [0.2, 0.25) is 0 Å². The third kappa shape index (κ3) is 7.45. The van der Waals surface area contributed by atoms with Crippen molar-refractivity contribution in [3.8, 4) is 6.07 Å². The molecule has 4 heteroatoms. The van der Waals surface area contributed by atoms with Crippen molar-refractivity contribution < 1.29 is 9.47 Å². The summed E-state index contributed by atoms with van der Waals surface area (Å²) in [5, 5.41) is 12.5. The van der Waals surface area contributed by atoms with Gasteiger partial charge in [-0.15, -0.1) is 0 Å². The number of anilines is 1. The number of hydrogen-bond acceptors (Lipinski definition) is 4. The average Bonchev–Trinajstić information content (AvgIpc) is 3.33. The van der Waals surface area contributed by atoms with Crippen molar-refractivity contribution >= 4 is 5.69 Å². The summed E-state index contributed by atoms with van der Waals surface area (Å²) >= 11 is 0. The minimum absolute atomic E-state index is 0.0372. The molecule has 3 aromatic carbocycles. The van der Waals surface area contributed by atoms with E-state index in [1.165, 1.54) is 12.0 Å². The molecule has 1 saturated heterocycles. The number of benzene rings is 3. The van der Waals surface area contributed by atoms with Crippen molar-refractivity contribution in [3.63, 3.8) is 0 Å². The number of nitrogens with zero attached hydrogens (tertiary/aromatic N) is 1. The highest BCUT2D eigenvalue weighted by Crippen LogP contribution is 2.44. The first-order valence-electron chi connectivity index (χ1n) is 12.4.